The number of nitrogens with zero attached hydrogens (tertiary/aromatic N) is 2. The van der Waals surface area contributed by atoms with Gasteiger partial charge in [-0.05, 0) is 31.4 Å². The Hall–Kier alpha value is -1.29. The maximum Gasteiger partial charge on any atom is 0.171 e. The van der Waals surface area contributed by atoms with Crippen molar-refractivity contribution < 1.29 is 4.74 Å². The topological polar surface area (TPSA) is 51.4 Å². The fraction of sp³-hybridized carbons (Fsp3) is 0.615. The molecule has 4 nitrogen and oxygen atoms in total. The van der Waals surface area contributed by atoms with Crippen LogP contribution in [0.2, 0.25) is 0 Å². The number of nitrogens with two attached hydrogens (primary N) is 1. The van der Waals surface area contributed by atoms with Crippen molar-refractivity contribution in [1.82, 2.24) is 4.98 Å². The number of hydrogen-bond acceptors (Lipinski definition) is 4. The Morgan fingerprint density at radius 1 is 1.53 bits per heavy atom. The molecule has 0 radical (unpaired) electrons. The van der Waals surface area contributed by atoms with E-state index in [1.807, 2.05) is 18.3 Å². The molecule has 1 aromatic rings. The minimum Gasteiger partial charge on any atom is -0.490 e. The first-order valence-corrected chi connectivity index (χ1v) is 6.41. The van der Waals surface area contributed by atoms with Gasteiger partial charge in [0, 0.05) is 25.3 Å². The van der Waals surface area contributed by atoms with E-state index in [0.717, 1.165) is 31.1 Å². The van der Waals surface area contributed by atoms with Crippen LogP contribution in [0.4, 0.5) is 5.82 Å². The van der Waals surface area contributed by atoms with Gasteiger partial charge in [0.15, 0.2) is 11.6 Å². The van der Waals surface area contributed by atoms with Crippen LogP contribution in [0.1, 0.15) is 26.2 Å². The quantitative estimate of drug-likeness (QED) is 0.783. The number of ether oxygens (including phenoxy) is 1. The summed E-state index contributed by atoms with van der Waals surface area (Å²) in [6.07, 6.45) is 5.31. The molecule has 0 aromatic carbocycles. The summed E-state index contributed by atoms with van der Waals surface area (Å²) in [6.45, 7) is 4.35. The third kappa shape index (κ3) is 3.09. The molecule has 94 valence electrons. The number of anilines is 1. The maximum atomic E-state index is 5.75. The van der Waals surface area contributed by atoms with E-state index in [4.69, 9.17) is 10.5 Å². The predicted octanol–water partition coefficient (Wildman–Crippen LogP) is 1.80. The summed E-state index contributed by atoms with van der Waals surface area (Å²) in [5, 5.41) is 0. The van der Waals surface area contributed by atoms with Crippen molar-refractivity contribution in [2.45, 2.75) is 32.2 Å². The second kappa shape index (κ2) is 5.87. The Morgan fingerprint density at radius 2 is 2.35 bits per heavy atom. The second-order valence-electron chi connectivity index (χ2n) is 4.39. The fourth-order valence-corrected chi connectivity index (χ4v) is 1.91. The van der Waals surface area contributed by atoms with Crippen molar-refractivity contribution in [3.05, 3.63) is 18.3 Å². The van der Waals surface area contributed by atoms with Crippen LogP contribution >= 0.6 is 0 Å². The summed E-state index contributed by atoms with van der Waals surface area (Å²) in [7, 11) is 0. The molecule has 1 aromatic heterocycles. The number of pyridine rings is 1. The Balaban J connectivity index is 2.15. The molecule has 1 aliphatic carbocycles. The third-order valence-electron chi connectivity index (χ3n) is 2.84. The summed E-state index contributed by atoms with van der Waals surface area (Å²) in [6, 6.07) is 4.52. The first-order chi connectivity index (χ1) is 8.36. The molecule has 0 aliphatic heterocycles. The smallest absolute Gasteiger partial charge is 0.171 e. The zero-order valence-corrected chi connectivity index (χ0v) is 10.4. The van der Waals surface area contributed by atoms with Gasteiger partial charge < -0.3 is 15.4 Å². The highest BCUT2D eigenvalue weighted by Crippen LogP contribution is 2.35. The van der Waals surface area contributed by atoms with Gasteiger partial charge in [0.1, 0.15) is 0 Å². The molecular formula is C13H21N3O. The van der Waals surface area contributed by atoms with Gasteiger partial charge in [-0.25, -0.2) is 4.98 Å². The summed E-state index contributed by atoms with van der Waals surface area (Å²) in [5.41, 5.74) is 5.67. The fourth-order valence-electron chi connectivity index (χ4n) is 1.91. The Kier molecular flexibility index (Phi) is 4.20. The van der Waals surface area contributed by atoms with Crippen LogP contribution in [0, 0.1) is 0 Å². The van der Waals surface area contributed by atoms with Crippen molar-refractivity contribution in [1.29, 1.82) is 0 Å². The van der Waals surface area contributed by atoms with E-state index in [2.05, 4.69) is 16.8 Å². The Morgan fingerprint density at radius 3 is 3.00 bits per heavy atom. The molecule has 17 heavy (non-hydrogen) atoms. The Bertz CT molecular complexity index is 352. The van der Waals surface area contributed by atoms with Crippen molar-refractivity contribution in [3.63, 3.8) is 0 Å². The lowest BCUT2D eigenvalue weighted by atomic mass is 10.3. The van der Waals surface area contributed by atoms with Crippen molar-refractivity contribution >= 4 is 5.82 Å². The van der Waals surface area contributed by atoms with Crippen LogP contribution in [0.3, 0.4) is 0 Å². The van der Waals surface area contributed by atoms with E-state index in [1.54, 1.807) is 0 Å². The van der Waals surface area contributed by atoms with Crippen molar-refractivity contribution in [3.8, 4) is 5.75 Å². The molecule has 2 N–H and O–H groups in total. The molecule has 1 aliphatic rings. The van der Waals surface area contributed by atoms with Crippen molar-refractivity contribution in [2.24, 2.45) is 5.73 Å². The Labute approximate surface area is 103 Å². The molecule has 1 heterocycles. The van der Waals surface area contributed by atoms with Gasteiger partial charge in [0.25, 0.3) is 0 Å². The van der Waals surface area contributed by atoms with Gasteiger partial charge in [0.05, 0.1) is 6.61 Å². The van der Waals surface area contributed by atoms with Crippen LogP contribution in [0.5, 0.6) is 5.75 Å². The molecule has 4 heteroatoms. The maximum absolute atomic E-state index is 5.75. The molecule has 0 saturated heterocycles. The zero-order valence-electron chi connectivity index (χ0n) is 10.4. The van der Waals surface area contributed by atoms with E-state index < -0.39 is 0 Å². The van der Waals surface area contributed by atoms with Gasteiger partial charge in [0.2, 0.25) is 0 Å². The molecule has 0 amide bonds. The molecule has 2 rings (SSSR count). The summed E-state index contributed by atoms with van der Waals surface area (Å²) in [4.78, 5) is 6.74. The largest absolute Gasteiger partial charge is 0.490 e. The minimum atomic E-state index is 0.609. The molecule has 0 bridgehead atoms. The van der Waals surface area contributed by atoms with Gasteiger partial charge in [-0.15, -0.1) is 0 Å². The van der Waals surface area contributed by atoms with Gasteiger partial charge >= 0.3 is 0 Å². The van der Waals surface area contributed by atoms with Crippen LogP contribution in [-0.4, -0.2) is 30.7 Å². The van der Waals surface area contributed by atoms with E-state index in [9.17, 15) is 0 Å². The normalized spacial score (nSPS) is 14.7. The second-order valence-corrected chi connectivity index (χ2v) is 4.39. The molecule has 0 spiro atoms. The summed E-state index contributed by atoms with van der Waals surface area (Å²) < 4.78 is 5.75. The van der Waals surface area contributed by atoms with E-state index in [-0.39, 0.29) is 0 Å². The predicted molar refractivity (Wildman–Crippen MR) is 69.4 cm³/mol. The van der Waals surface area contributed by atoms with Gasteiger partial charge in [-0.1, -0.05) is 6.92 Å². The lowest BCUT2D eigenvalue weighted by Gasteiger charge is -2.24. The molecule has 0 unspecified atom stereocenters. The van der Waals surface area contributed by atoms with Gasteiger partial charge in [-0.2, -0.15) is 0 Å². The molecule has 0 atom stereocenters. The van der Waals surface area contributed by atoms with Crippen LogP contribution in [0.15, 0.2) is 18.3 Å². The van der Waals surface area contributed by atoms with Crippen LogP contribution < -0.4 is 15.4 Å². The minimum absolute atomic E-state index is 0.609. The standard InChI is InChI=1S/C13H21N3O/c1-2-10-17-12-4-3-8-15-13(12)16(9-7-14)11-5-6-11/h3-4,8,11H,2,5-7,9-10,14H2,1H3. The molecule has 1 fully saturated rings. The third-order valence-corrected chi connectivity index (χ3v) is 2.84. The van der Waals surface area contributed by atoms with E-state index in [0.29, 0.717) is 12.6 Å². The highest BCUT2D eigenvalue weighted by molar-refractivity contribution is 5.53. The lowest BCUT2D eigenvalue weighted by Crippen LogP contribution is -2.32. The van der Waals surface area contributed by atoms with E-state index in [1.165, 1.54) is 12.8 Å². The first kappa shape index (κ1) is 12.2. The van der Waals surface area contributed by atoms with Crippen LogP contribution in [0.25, 0.3) is 0 Å². The molecular weight excluding hydrogens is 214 g/mol. The lowest BCUT2D eigenvalue weighted by molar-refractivity contribution is 0.316. The average Bonchev–Trinajstić information content (AvgIpc) is 3.18. The number of rotatable bonds is 7. The van der Waals surface area contributed by atoms with E-state index >= 15 is 0 Å². The highest BCUT2D eigenvalue weighted by Gasteiger charge is 2.31. The summed E-state index contributed by atoms with van der Waals surface area (Å²) in [5.74, 6) is 1.84. The average molecular weight is 235 g/mol. The number of hydrogen-bond donors (Lipinski definition) is 1. The number of aromatic nitrogens is 1. The van der Waals surface area contributed by atoms with Crippen molar-refractivity contribution in [2.75, 3.05) is 24.6 Å². The summed E-state index contributed by atoms with van der Waals surface area (Å²) >= 11 is 0. The van der Waals surface area contributed by atoms with Gasteiger partial charge in [-0.3, -0.25) is 0 Å². The first-order valence-electron chi connectivity index (χ1n) is 6.41. The highest BCUT2D eigenvalue weighted by atomic mass is 16.5. The SMILES string of the molecule is CCCOc1cccnc1N(CCN)C1CC1. The monoisotopic (exact) mass is 235 g/mol. The molecule has 1 saturated carbocycles. The zero-order chi connectivity index (χ0) is 12.1. The van der Waals surface area contributed by atoms with Crippen LogP contribution in [-0.2, 0) is 0 Å².